The van der Waals surface area contributed by atoms with Crippen molar-refractivity contribution in [3.63, 3.8) is 0 Å². The minimum Gasteiger partial charge on any atom is -0.353 e. The molecule has 0 aliphatic carbocycles. The zero-order valence-electron chi connectivity index (χ0n) is 12.3. The van der Waals surface area contributed by atoms with Gasteiger partial charge in [0.15, 0.2) is 5.11 Å². The van der Waals surface area contributed by atoms with Gasteiger partial charge in [-0.05, 0) is 54.7 Å². The van der Waals surface area contributed by atoms with Gasteiger partial charge < -0.3 is 15.2 Å². The number of halogens is 2. The van der Waals surface area contributed by atoms with Crippen molar-refractivity contribution in [2.45, 2.75) is 6.54 Å². The second kappa shape index (κ2) is 7.61. The van der Waals surface area contributed by atoms with Crippen molar-refractivity contribution in [1.29, 1.82) is 0 Å². The lowest BCUT2D eigenvalue weighted by atomic mass is 10.2. The Morgan fingerprint density at radius 3 is 2.62 bits per heavy atom. The second-order valence-electron chi connectivity index (χ2n) is 4.84. The Morgan fingerprint density at radius 2 is 1.88 bits per heavy atom. The number of nitrogens with zero attached hydrogens (tertiary/aromatic N) is 2. The molecule has 3 aromatic rings. The first-order chi connectivity index (χ1) is 11.6. The highest BCUT2D eigenvalue weighted by Gasteiger charge is 2.09. The van der Waals surface area contributed by atoms with Crippen molar-refractivity contribution in [3.8, 4) is 11.4 Å². The van der Waals surface area contributed by atoms with Crippen LogP contribution < -0.4 is 10.6 Å². The molecule has 0 saturated carbocycles. The van der Waals surface area contributed by atoms with E-state index in [0.29, 0.717) is 33.4 Å². The number of nitrogens with one attached hydrogen (secondary N) is 2. The summed E-state index contributed by atoms with van der Waals surface area (Å²) in [5.74, 6) is 0.923. The molecule has 2 N–H and O–H groups in total. The summed E-state index contributed by atoms with van der Waals surface area (Å²) in [6.07, 6.45) is 0. The fourth-order valence-corrected chi connectivity index (χ4v) is 2.45. The van der Waals surface area contributed by atoms with Gasteiger partial charge in [-0.15, -0.1) is 0 Å². The maximum Gasteiger partial charge on any atom is 0.246 e. The van der Waals surface area contributed by atoms with Gasteiger partial charge >= 0.3 is 0 Å². The van der Waals surface area contributed by atoms with Crippen LogP contribution in [0.15, 0.2) is 53.1 Å². The fraction of sp³-hybridized carbons (Fsp3) is 0.0625. The molecular weight excluding hydrogens is 367 g/mol. The van der Waals surface area contributed by atoms with Crippen LogP contribution in [0.4, 0.5) is 5.69 Å². The molecule has 0 unspecified atom stereocenters. The summed E-state index contributed by atoms with van der Waals surface area (Å²) in [6, 6.07) is 14.5. The normalized spacial score (nSPS) is 10.4. The maximum absolute atomic E-state index is 5.93. The van der Waals surface area contributed by atoms with E-state index in [0.717, 1.165) is 11.3 Å². The molecule has 0 saturated heterocycles. The molecule has 0 radical (unpaired) electrons. The Hall–Kier alpha value is -2.15. The van der Waals surface area contributed by atoms with Crippen molar-refractivity contribution in [3.05, 3.63) is 64.5 Å². The minimum atomic E-state index is 0.312. The van der Waals surface area contributed by atoms with Crippen molar-refractivity contribution in [1.82, 2.24) is 15.5 Å². The highest BCUT2D eigenvalue weighted by atomic mass is 35.5. The topological polar surface area (TPSA) is 63.0 Å². The number of aromatic nitrogens is 2. The third-order valence-corrected chi connectivity index (χ3v) is 3.79. The van der Waals surface area contributed by atoms with Gasteiger partial charge in [-0.2, -0.15) is 4.98 Å². The lowest BCUT2D eigenvalue weighted by Gasteiger charge is -2.08. The van der Waals surface area contributed by atoms with Gasteiger partial charge in [-0.25, -0.2) is 0 Å². The van der Waals surface area contributed by atoms with E-state index in [-0.39, 0.29) is 0 Å². The fourth-order valence-electron chi connectivity index (χ4n) is 1.94. The van der Waals surface area contributed by atoms with Gasteiger partial charge in [0.05, 0.1) is 6.54 Å². The van der Waals surface area contributed by atoms with Crippen LogP contribution in [0.5, 0.6) is 0 Å². The average Bonchev–Trinajstić information content (AvgIpc) is 3.03. The molecule has 0 spiro atoms. The average molecular weight is 379 g/mol. The Balaban J connectivity index is 1.57. The third-order valence-electron chi connectivity index (χ3n) is 3.05. The van der Waals surface area contributed by atoms with Crippen LogP contribution in [0.2, 0.25) is 10.0 Å². The molecule has 0 aliphatic rings. The van der Waals surface area contributed by atoms with Gasteiger partial charge in [0.1, 0.15) is 0 Å². The van der Waals surface area contributed by atoms with Crippen molar-refractivity contribution in [2.24, 2.45) is 0 Å². The Kier molecular flexibility index (Phi) is 5.30. The van der Waals surface area contributed by atoms with E-state index < -0.39 is 0 Å². The van der Waals surface area contributed by atoms with Crippen LogP contribution in [0, 0.1) is 0 Å². The van der Waals surface area contributed by atoms with Gasteiger partial charge in [0.25, 0.3) is 0 Å². The molecule has 0 aliphatic heterocycles. The first-order valence-corrected chi connectivity index (χ1v) is 8.15. The second-order valence-corrected chi connectivity index (χ2v) is 6.12. The van der Waals surface area contributed by atoms with Crippen LogP contribution in [-0.4, -0.2) is 15.3 Å². The Labute approximate surface area is 154 Å². The monoisotopic (exact) mass is 378 g/mol. The van der Waals surface area contributed by atoms with Gasteiger partial charge in [-0.3, -0.25) is 0 Å². The number of benzene rings is 2. The van der Waals surface area contributed by atoms with Gasteiger partial charge in [0.2, 0.25) is 11.7 Å². The highest BCUT2D eigenvalue weighted by molar-refractivity contribution is 7.80. The highest BCUT2D eigenvalue weighted by Crippen LogP contribution is 2.18. The summed E-state index contributed by atoms with van der Waals surface area (Å²) in [5, 5.41) is 11.7. The minimum absolute atomic E-state index is 0.312. The van der Waals surface area contributed by atoms with Gasteiger partial charge in [0, 0.05) is 21.3 Å². The van der Waals surface area contributed by atoms with E-state index in [1.807, 2.05) is 24.3 Å². The molecule has 8 heteroatoms. The molecule has 1 heterocycles. The molecule has 122 valence electrons. The Morgan fingerprint density at radius 1 is 1.08 bits per heavy atom. The predicted molar refractivity (Wildman–Crippen MR) is 99.3 cm³/mol. The van der Waals surface area contributed by atoms with Crippen LogP contribution in [0.1, 0.15) is 5.89 Å². The molecule has 5 nitrogen and oxygen atoms in total. The number of thiocarbonyl (C=S) groups is 1. The van der Waals surface area contributed by atoms with E-state index in [4.69, 9.17) is 39.9 Å². The number of rotatable bonds is 4. The van der Waals surface area contributed by atoms with Crippen molar-refractivity contribution >= 4 is 46.2 Å². The number of anilines is 1. The van der Waals surface area contributed by atoms with E-state index in [2.05, 4.69) is 20.8 Å². The molecule has 0 bridgehead atoms. The molecular formula is C16H12Cl2N4OS. The summed E-state index contributed by atoms with van der Waals surface area (Å²) < 4.78 is 5.20. The van der Waals surface area contributed by atoms with Crippen LogP contribution >= 0.6 is 35.4 Å². The summed E-state index contributed by atoms with van der Waals surface area (Å²) in [5.41, 5.74) is 1.63. The lowest BCUT2D eigenvalue weighted by molar-refractivity contribution is 0.376. The van der Waals surface area contributed by atoms with E-state index >= 15 is 0 Å². The zero-order chi connectivity index (χ0) is 16.9. The smallest absolute Gasteiger partial charge is 0.246 e. The Bertz CT molecular complexity index is 851. The van der Waals surface area contributed by atoms with E-state index in [1.54, 1.807) is 24.3 Å². The lowest BCUT2D eigenvalue weighted by Crippen LogP contribution is -2.27. The zero-order valence-corrected chi connectivity index (χ0v) is 14.6. The molecule has 3 rings (SSSR count). The maximum atomic E-state index is 5.93. The third kappa shape index (κ3) is 4.44. The molecule has 24 heavy (non-hydrogen) atoms. The molecule has 1 aromatic heterocycles. The standard InChI is InChI=1S/C16H12Cl2N4OS/c17-11-6-4-10(5-7-11)15-21-14(23-22-15)9-19-16(24)20-13-3-1-2-12(18)8-13/h1-8H,9H2,(H2,19,20,24). The largest absolute Gasteiger partial charge is 0.353 e. The summed E-state index contributed by atoms with van der Waals surface area (Å²) in [6.45, 7) is 0.312. The summed E-state index contributed by atoms with van der Waals surface area (Å²) in [4.78, 5) is 4.31. The molecule has 0 amide bonds. The number of hydrogen-bond donors (Lipinski definition) is 2. The summed E-state index contributed by atoms with van der Waals surface area (Å²) in [7, 11) is 0. The first kappa shape index (κ1) is 16.7. The number of hydrogen-bond acceptors (Lipinski definition) is 4. The quantitative estimate of drug-likeness (QED) is 0.650. The SMILES string of the molecule is S=C(NCc1nc(-c2ccc(Cl)cc2)no1)Nc1cccc(Cl)c1. The first-order valence-electron chi connectivity index (χ1n) is 6.99. The van der Waals surface area contributed by atoms with Gasteiger partial charge in [-0.1, -0.05) is 34.4 Å². The van der Waals surface area contributed by atoms with E-state index in [9.17, 15) is 0 Å². The predicted octanol–water partition coefficient (Wildman–Crippen LogP) is 4.53. The summed E-state index contributed by atoms with van der Waals surface area (Å²) >= 11 is 17.0. The van der Waals surface area contributed by atoms with E-state index in [1.165, 1.54) is 0 Å². The van der Waals surface area contributed by atoms with Crippen molar-refractivity contribution in [2.75, 3.05) is 5.32 Å². The molecule has 0 atom stereocenters. The van der Waals surface area contributed by atoms with Crippen LogP contribution in [0.25, 0.3) is 11.4 Å². The van der Waals surface area contributed by atoms with Crippen molar-refractivity contribution < 1.29 is 4.52 Å². The molecule has 0 fully saturated rings. The van der Waals surface area contributed by atoms with Crippen LogP contribution in [0.3, 0.4) is 0 Å². The molecule has 2 aromatic carbocycles. The van der Waals surface area contributed by atoms with Crippen LogP contribution in [-0.2, 0) is 6.54 Å².